The summed E-state index contributed by atoms with van der Waals surface area (Å²) in [6.45, 7) is 4.43. The molecule has 0 fully saturated rings. The molecular formula is C15H21N3. The summed E-state index contributed by atoms with van der Waals surface area (Å²) in [6, 6.07) is 8.47. The van der Waals surface area contributed by atoms with E-state index in [-0.39, 0.29) is 6.04 Å². The molecule has 2 rings (SSSR count). The smallest absolute Gasteiger partial charge is 0.0506 e. The first-order valence-electron chi connectivity index (χ1n) is 6.56. The molecule has 3 heteroatoms. The lowest BCUT2D eigenvalue weighted by atomic mass is 9.90. The van der Waals surface area contributed by atoms with Crippen LogP contribution in [0.1, 0.15) is 38.3 Å². The second-order valence-corrected chi connectivity index (χ2v) is 4.86. The molecule has 0 spiro atoms. The first-order valence-corrected chi connectivity index (χ1v) is 6.56. The number of rotatable bonds is 5. The monoisotopic (exact) mass is 243 g/mol. The van der Waals surface area contributed by atoms with Crippen LogP contribution in [-0.2, 0) is 0 Å². The zero-order valence-corrected chi connectivity index (χ0v) is 11.1. The summed E-state index contributed by atoms with van der Waals surface area (Å²) < 4.78 is 0. The van der Waals surface area contributed by atoms with E-state index in [0.29, 0.717) is 5.92 Å². The highest BCUT2D eigenvalue weighted by molar-refractivity contribution is 5.85. The zero-order valence-electron chi connectivity index (χ0n) is 11.1. The van der Waals surface area contributed by atoms with E-state index in [2.05, 4.69) is 42.5 Å². The van der Waals surface area contributed by atoms with Gasteiger partial charge in [0.1, 0.15) is 0 Å². The number of hydrogen-bond acceptors (Lipinski definition) is 3. The van der Waals surface area contributed by atoms with Gasteiger partial charge in [0.15, 0.2) is 0 Å². The molecule has 2 atom stereocenters. The Morgan fingerprint density at radius 2 is 2.06 bits per heavy atom. The van der Waals surface area contributed by atoms with Crippen molar-refractivity contribution in [3.05, 3.63) is 42.2 Å². The lowest BCUT2D eigenvalue weighted by Crippen LogP contribution is -2.32. The summed E-state index contributed by atoms with van der Waals surface area (Å²) in [4.78, 5) is 4.33. The number of aromatic nitrogens is 1. The predicted octanol–water partition coefficient (Wildman–Crippen LogP) is 3.18. The van der Waals surface area contributed by atoms with Gasteiger partial charge in [-0.1, -0.05) is 44.5 Å². The fourth-order valence-electron chi connectivity index (χ4n) is 2.57. The first kappa shape index (κ1) is 13.0. The molecule has 0 saturated carbocycles. The molecule has 2 unspecified atom stereocenters. The van der Waals surface area contributed by atoms with Crippen LogP contribution < -0.4 is 11.3 Å². The normalized spacial score (nSPS) is 14.6. The first-order chi connectivity index (χ1) is 8.77. The third-order valence-electron chi connectivity index (χ3n) is 3.53. The lowest BCUT2D eigenvalue weighted by Gasteiger charge is -2.24. The van der Waals surface area contributed by atoms with Crippen LogP contribution in [0.5, 0.6) is 0 Å². The molecule has 0 amide bonds. The fourth-order valence-corrected chi connectivity index (χ4v) is 2.57. The van der Waals surface area contributed by atoms with Gasteiger partial charge in [-0.25, -0.2) is 0 Å². The van der Waals surface area contributed by atoms with Crippen molar-refractivity contribution in [2.45, 2.75) is 32.7 Å². The van der Waals surface area contributed by atoms with E-state index in [1.165, 1.54) is 16.3 Å². The van der Waals surface area contributed by atoms with Crippen LogP contribution in [0.15, 0.2) is 36.7 Å². The largest absolute Gasteiger partial charge is 0.271 e. The van der Waals surface area contributed by atoms with Crippen LogP contribution in [0.2, 0.25) is 0 Å². The van der Waals surface area contributed by atoms with Gasteiger partial charge >= 0.3 is 0 Å². The van der Waals surface area contributed by atoms with E-state index in [1.807, 2.05) is 18.5 Å². The van der Waals surface area contributed by atoms with Gasteiger partial charge in [-0.2, -0.15) is 0 Å². The Morgan fingerprint density at radius 1 is 1.28 bits per heavy atom. The number of hydrogen-bond donors (Lipinski definition) is 2. The molecule has 1 heterocycles. The molecule has 0 aliphatic heterocycles. The number of pyridine rings is 1. The molecule has 3 nitrogen and oxygen atoms in total. The molecule has 0 bridgehead atoms. The van der Waals surface area contributed by atoms with Crippen molar-refractivity contribution in [1.82, 2.24) is 10.4 Å². The van der Waals surface area contributed by atoms with Crippen molar-refractivity contribution in [1.29, 1.82) is 0 Å². The molecule has 18 heavy (non-hydrogen) atoms. The van der Waals surface area contributed by atoms with Crippen molar-refractivity contribution in [2.75, 3.05) is 0 Å². The van der Waals surface area contributed by atoms with Gasteiger partial charge in [0.25, 0.3) is 0 Å². The zero-order chi connectivity index (χ0) is 13.0. The van der Waals surface area contributed by atoms with Crippen molar-refractivity contribution in [2.24, 2.45) is 11.8 Å². The highest BCUT2D eigenvalue weighted by Crippen LogP contribution is 2.29. The number of benzene rings is 1. The summed E-state index contributed by atoms with van der Waals surface area (Å²) in [6.07, 6.45) is 6.14. The Hall–Kier alpha value is -1.45. The average Bonchev–Trinajstić information content (AvgIpc) is 2.40. The van der Waals surface area contributed by atoms with E-state index in [0.717, 1.165) is 12.8 Å². The number of nitrogens with zero attached hydrogens (tertiary/aromatic N) is 1. The minimum absolute atomic E-state index is 0.156. The number of nitrogens with two attached hydrogens (primary N) is 1. The molecule has 0 aliphatic rings. The highest BCUT2D eigenvalue weighted by atomic mass is 15.2. The van der Waals surface area contributed by atoms with E-state index in [4.69, 9.17) is 5.84 Å². The van der Waals surface area contributed by atoms with Crippen LogP contribution in [0.25, 0.3) is 10.8 Å². The number of nitrogens with one attached hydrogen (secondary N) is 1. The van der Waals surface area contributed by atoms with Crippen molar-refractivity contribution >= 4 is 10.8 Å². The molecular weight excluding hydrogens is 222 g/mol. The molecule has 0 saturated heterocycles. The van der Waals surface area contributed by atoms with E-state index >= 15 is 0 Å². The van der Waals surface area contributed by atoms with Gasteiger partial charge in [-0.3, -0.25) is 16.3 Å². The Bertz CT molecular complexity index is 505. The van der Waals surface area contributed by atoms with E-state index in [9.17, 15) is 0 Å². The quantitative estimate of drug-likeness (QED) is 0.626. The Labute approximate surface area is 108 Å². The second kappa shape index (κ2) is 5.94. The third-order valence-corrected chi connectivity index (χ3v) is 3.53. The molecule has 0 aliphatic carbocycles. The minimum Gasteiger partial charge on any atom is -0.271 e. The topological polar surface area (TPSA) is 50.9 Å². The predicted molar refractivity (Wildman–Crippen MR) is 75.9 cm³/mol. The molecule has 0 radical (unpaired) electrons. The number of fused-ring (bicyclic) bond motifs is 1. The van der Waals surface area contributed by atoms with Gasteiger partial charge < -0.3 is 0 Å². The molecule has 3 N–H and O–H groups in total. The van der Waals surface area contributed by atoms with Crippen LogP contribution >= 0.6 is 0 Å². The van der Waals surface area contributed by atoms with Gasteiger partial charge in [-0.15, -0.1) is 0 Å². The third kappa shape index (κ3) is 2.52. The molecule has 96 valence electrons. The molecule has 2 aromatic rings. The highest BCUT2D eigenvalue weighted by Gasteiger charge is 2.19. The Balaban J connectivity index is 2.44. The van der Waals surface area contributed by atoms with Crippen LogP contribution in [-0.4, -0.2) is 4.98 Å². The van der Waals surface area contributed by atoms with Crippen LogP contribution in [0, 0.1) is 5.92 Å². The molecule has 1 aromatic carbocycles. The standard InChI is InChI=1S/C15H21N3/c1-3-6-11(2)15(18-16)14-10-17-9-12-7-4-5-8-13(12)14/h4-5,7-11,15,18H,3,6,16H2,1-2H3. The summed E-state index contributed by atoms with van der Waals surface area (Å²) >= 11 is 0. The van der Waals surface area contributed by atoms with Gasteiger partial charge in [0, 0.05) is 17.8 Å². The SMILES string of the molecule is CCCC(C)C(NN)c1cncc2ccccc12. The lowest BCUT2D eigenvalue weighted by molar-refractivity contribution is 0.369. The summed E-state index contributed by atoms with van der Waals surface area (Å²) in [5.41, 5.74) is 4.15. The summed E-state index contributed by atoms with van der Waals surface area (Å²) in [5.74, 6) is 6.24. The second-order valence-electron chi connectivity index (χ2n) is 4.86. The number of hydrazine groups is 1. The summed E-state index contributed by atoms with van der Waals surface area (Å²) in [7, 11) is 0. The maximum Gasteiger partial charge on any atom is 0.0506 e. The summed E-state index contributed by atoms with van der Waals surface area (Å²) in [5, 5.41) is 2.40. The minimum atomic E-state index is 0.156. The van der Waals surface area contributed by atoms with Crippen molar-refractivity contribution in [3.63, 3.8) is 0 Å². The van der Waals surface area contributed by atoms with Crippen LogP contribution in [0.3, 0.4) is 0 Å². The fraction of sp³-hybridized carbons (Fsp3) is 0.400. The van der Waals surface area contributed by atoms with Crippen molar-refractivity contribution < 1.29 is 0 Å². The Morgan fingerprint density at radius 3 is 2.78 bits per heavy atom. The maximum absolute atomic E-state index is 5.75. The van der Waals surface area contributed by atoms with Gasteiger partial charge in [0.2, 0.25) is 0 Å². The molecule has 1 aromatic heterocycles. The van der Waals surface area contributed by atoms with E-state index in [1.54, 1.807) is 0 Å². The maximum atomic E-state index is 5.75. The van der Waals surface area contributed by atoms with Gasteiger partial charge in [-0.05, 0) is 23.3 Å². The van der Waals surface area contributed by atoms with Crippen molar-refractivity contribution in [3.8, 4) is 0 Å². The Kier molecular flexibility index (Phi) is 4.28. The van der Waals surface area contributed by atoms with Crippen LogP contribution in [0.4, 0.5) is 0 Å². The van der Waals surface area contributed by atoms with E-state index < -0.39 is 0 Å². The average molecular weight is 243 g/mol. The van der Waals surface area contributed by atoms with Gasteiger partial charge in [0.05, 0.1) is 6.04 Å².